The van der Waals surface area contributed by atoms with Gasteiger partial charge in [0.1, 0.15) is 104 Å². The Morgan fingerprint density at radius 3 is 1.48 bits per heavy atom. The second kappa shape index (κ2) is 22.6. The van der Waals surface area contributed by atoms with Crippen molar-refractivity contribution in [3.63, 3.8) is 0 Å². The molecule has 0 unspecified atom stereocenters. The molecule has 28 heteroatoms. The molecule has 0 radical (unpaired) electrons. The molecular formula is C36H61N3O25. The molecule has 5 saturated heterocycles. The van der Waals surface area contributed by atoms with Crippen LogP contribution in [0.3, 0.4) is 0 Å². The Morgan fingerprint density at radius 1 is 0.516 bits per heavy atom. The van der Waals surface area contributed by atoms with E-state index in [0.717, 1.165) is 13.8 Å². The Kier molecular flexibility index (Phi) is 18.5. The van der Waals surface area contributed by atoms with Gasteiger partial charge in [-0.3, -0.25) is 9.59 Å². The number of aliphatic hydroxyl groups is 11. The first kappa shape index (κ1) is 52.5. The summed E-state index contributed by atoms with van der Waals surface area (Å²) in [7, 11) is 0. The predicted molar refractivity (Wildman–Crippen MR) is 200 cm³/mol. The van der Waals surface area contributed by atoms with Gasteiger partial charge >= 0.3 is 5.97 Å². The van der Waals surface area contributed by atoms with Crippen molar-refractivity contribution in [3.05, 3.63) is 0 Å². The maximum absolute atomic E-state index is 12.5. The van der Waals surface area contributed by atoms with Crippen LogP contribution in [-0.2, 0) is 61.8 Å². The first-order valence-corrected chi connectivity index (χ1v) is 20.5. The number of amides is 2. The van der Waals surface area contributed by atoms with E-state index in [2.05, 4.69) is 10.6 Å². The smallest absolute Gasteiger partial charge is 0.335 e. The van der Waals surface area contributed by atoms with Gasteiger partial charge in [0.15, 0.2) is 37.6 Å². The van der Waals surface area contributed by atoms with Crippen LogP contribution in [0.1, 0.15) is 27.7 Å². The Balaban J connectivity index is 1.35. The summed E-state index contributed by atoms with van der Waals surface area (Å²) in [6, 6.07) is -2.93. The lowest BCUT2D eigenvalue weighted by molar-refractivity contribution is -0.381. The molecule has 16 N–H and O–H groups in total. The van der Waals surface area contributed by atoms with E-state index in [-0.39, 0.29) is 13.2 Å². The van der Waals surface area contributed by atoms with E-state index < -0.39 is 184 Å². The molecule has 0 aromatic rings. The molecule has 0 spiro atoms. The zero-order valence-corrected chi connectivity index (χ0v) is 35.0. The predicted octanol–water partition coefficient (Wildman–Crippen LogP) is -9.51. The van der Waals surface area contributed by atoms with Crippen LogP contribution in [0.15, 0.2) is 0 Å². The van der Waals surface area contributed by atoms with Gasteiger partial charge in [-0.25, -0.2) is 4.79 Å². The van der Waals surface area contributed by atoms with Gasteiger partial charge in [-0.2, -0.15) is 0 Å². The van der Waals surface area contributed by atoms with Crippen molar-refractivity contribution in [1.82, 2.24) is 10.6 Å². The van der Waals surface area contributed by atoms with Gasteiger partial charge < -0.3 is 125 Å². The summed E-state index contributed by atoms with van der Waals surface area (Å²) in [4.78, 5) is 36.4. The Morgan fingerprint density at radius 2 is 0.984 bits per heavy atom. The van der Waals surface area contributed by atoms with E-state index in [0.29, 0.717) is 0 Å². The fourth-order valence-electron chi connectivity index (χ4n) is 8.01. The number of nitrogens with two attached hydrogens (primary N) is 1. The number of carbonyl (C=O) groups excluding carboxylic acids is 2. The van der Waals surface area contributed by atoms with Gasteiger partial charge in [0.25, 0.3) is 0 Å². The maximum atomic E-state index is 12.5. The molecule has 0 saturated carbocycles. The number of rotatable bonds is 16. The average Bonchev–Trinajstić information content (AvgIpc) is 3.24. The lowest BCUT2D eigenvalue weighted by Crippen LogP contribution is -2.70. The standard InChI is InChI=1S/C36H61N3O25/c1-9-17(44)28(24(51)36(57-9)61-27-16(39-12(4)43)32(55-6-5-37)58-13(7-40)19(27)46)62-33-15(38-11(3)42)20(47)26(14(8-41)59-33)60-35-25(52)29(18(45)10(2)56-35)63-34-23(50)21(48)22(49)30(64-34)31(53)54/h9-10,13-30,32-36,40-41,44-52H,5-8,37H2,1-4H3,(H,38,42)(H,39,43)(H,53,54)/t9-,10-,13+,14+,15+,16+,17+,18+,19+,20+,21-,22-,23+,24-,25-,26+,27+,28+,29+,30-,32+,33-,34-,35-,36-/m0/s1. The molecule has 2 amide bonds. The third-order valence-electron chi connectivity index (χ3n) is 11.4. The summed E-state index contributed by atoms with van der Waals surface area (Å²) < 4.78 is 57.2. The van der Waals surface area contributed by atoms with Crippen molar-refractivity contribution in [2.24, 2.45) is 5.73 Å². The Labute approximate surface area is 364 Å². The molecule has 28 nitrogen and oxygen atoms in total. The van der Waals surface area contributed by atoms with Crippen LogP contribution in [0.5, 0.6) is 0 Å². The highest BCUT2D eigenvalue weighted by atomic mass is 16.8. The summed E-state index contributed by atoms with van der Waals surface area (Å²) in [5.74, 6) is -3.12. The monoisotopic (exact) mass is 935 g/mol. The van der Waals surface area contributed by atoms with E-state index in [1.807, 2.05) is 0 Å². The SMILES string of the molecule is CC(=O)N[C@H]1[C@H](O[C@H]2[C@H](O)[C@H](O[C@H]3[C@H](O)[C@@H](CO)O[C@@H](OCCN)[C@@H]3NC(C)=O)O[C@@H](C)[C@H]2O)O[C@H](CO)[C@@H](O[C@@H]2O[C@@H](C)[C@@H](O)[C@@H](O[C@H]3O[C@H](C(=O)O)[C@@H](O)[C@H](O)[C@H]3O)[C@@H]2O)[C@@H]1O. The molecule has 0 aromatic carbocycles. The van der Waals surface area contributed by atoms with Crippen molar-refractivity contribution >= 4 is 17.8 Å². The highest BCUT2D eigenvalue weighted by Crippen LogP contribution is 2.36. The molecule has 370 valence electrons. The fourth-order valence-corrected chi connectivity index (χ4v) is 8.01. The number of hydrogen-bond donors (Lipinski definition) is 15. The minimum Gasteiger partial charge on any atom is -0.479 e. The average molecular weight is 936 g/mol. The number of ether oxygens (including phenoxy) is 10. The quantitative estimate of drug-likeness (QED) is 0.0683. The van der Waals surface area contributed by atoms with Crippen molar-refractivity contribution in [3.8, 4) is 0 Å². The molecule has 25 atom stereocenters. The number of nitrogens with one attached hydrogen (secondary N) is 2. The van der Waals surface area contributed by atoms with E-state index >= 15 is 0 Å². The number of carboxylic acids is 1. The molecule has 5 rings (SSSR count). The van der Waals surface area contributed by atoms with Gasteiger partial charge in [-0.1, -0.05) is 0 Å². The molecule has 0 aliphatic carbocycles. The van der Waals surface area contributed by atoms with Crippen molar-refractivity contribution in [1.29, 1.82) is 0 Å². The third kappa shape index (κ3) is 11.4. The largest absolute Gasteiger partial charge is 0.479 e. The zero-order valence-electron chi connectivity index (χ0n) is 35.0. The van der Waals surface area contributed by atoms with Crippen LogP contribution < -0.4 is 16.4 Å². The highest BCUT2D eigenvalue weighted by molar-refractivity contribution is 5.74. The topological polar surface area (TPSA) is 436 Å². The molecule has 64 heavy (non-hydrogen) atoms. The van der Waals surface area contributed by atoms with Crippen LogP contribution in [0, 0.1) is 0 Å². The minimum absolute atomic E-state index is 0.0270. The van der Waals surface area contributed by atoms with Crippen molar-refractivity contribution in [2.45, 2.75) is 181 Å². The summed E-state index contributed by atoms with van der Waals surface area (Å²) in [5.41, 5.74) is 5.57. The normalized spacial score (nSPS) is 47.7. The minimum atomic E-state index is -2.10. The van der Waals surface area contributed by atoms with Gasteiger partial charge in [-0.05, 0) is 13.8 Å². The Hall–Kier alpha value is -2.47. The van der Waals surface area contributed by atoms with Crippen LogP contribution in [0.2, 0.25) is 0 Å². The first-order chi connectivity index (χ1) is 30.1. The molecular weight excluding hydrogens is 874 g/mol. The van der Waals surface area contributed by atoms with E-state index in [1.54, 1.807) is 0 Å². The number of aliphatic hydroxyl groups excluding tert-OH is 11. The van der Waals surface area contributed by atoms with Crippen LogP contribution in [0.4, 0.5) is 0 Å². The van der Waals surface area contributed by atoms with Gasteiger partial charge in [0.2, 0.25) is 11.8 Å². The van der Waals surface area contributed by atoms with Crippen LogP contribution >= 0.6 is 0 Å². The summed E-state index contributed by atoms with van der Waals surface area (Å²) >= 11 is 0. The second-order valence-electron chi connectivity index (χ2n) is 16.1. The molecule has 5 fully saturated rings. The van der Waals surface area contributed by atoms with Gasteiger partial charge in [0.05, 0.1) is 32.0 Å². The van der Waals surface area contributed by atoms with E-state index in [4.69, 9.17) is 53.1 Å². The number of carboxylic acid groups (broad SMARTS) is 1. The molecule has 0 bridgehead atoms. The number of aliphatic carboxylic acids is 1. The summed E-state index contributed by atoms with van der Waals surface area (Å²) in [6.07, 6.45) is -40.5. The summed E-state index contributed by atoms with van der Waals surface area (Å²) in [6.45, 7) is 3.14. The molecule has 5 heterocycles. The van der Waals surface area contributed by atoms with Gasteiger partial charge in [-0.15, -0.1) is 0 Å². The third-order valence-corrected chi connectivity index (χ3v) is 11.4. The van der Waals surface area contributed by atoms with Gasteiger partial charge in [0, 0.05) is 20.4 Å². The number of carbonyl (C=O) groups is 3. The highest BCUT2D eigenvalue weighted by Gasteiger charge is 2.57. The lowest BCUT2D eigenvalue weighted by Gasteiger charge is -2.50. The first-order valence-electron chi connectivity index (χ1n) is 20.5. The van der Waals surface area contributed by atoms with Crippen molar-refractivity contribution < 1.29 is 123 Å². The lowest BCUT2D eigenvalue weighted by atomic mass is 9.94. The molecule has 0 aromatic heterocycles. The zero-order chi connectivity index (χ0) is 47.5. The fraction of sp³-hybridized carbons (Fsp3) is 0.917. The van der Waals surface area contributed by atoms with E-state index in [1.165, 1.54) is 13.8 Å². The number of hydrogen-bond acceptors (Lipinski definition) is 25. The van der Waals surface area contributed by atoms with E-state index in [9.17, 15) is 75.7 Å². The second-order valence-corrected chi connectivity index (χ2v) is 16.1. The van der Waals surface area contributed by atoms with Crippen LogP contribution in [-0.4, -0.2) is 259 Å². The summed E-state index contributed by atoms with van der Waals surface area (Å²) in [5, 5.41) is 134. The van der Waals surface area contributed by atoms with Crippen LogP contribution in [0.25, 0.3) is 0 Å². The maximum Gasteiger partial charge on any atom is 0.335 e. The molecule has 5 aliphatic heterocycles. The Bertz CT molecular complexity index is 1540. The van der Waals surface area contributed by atoms with Crippen molar-refractivity contribution in [2.75, 3.05) is 26.4 Å². The molecule has 5 aliphatic rings.